The first-order valence-corrected chi connectivity index (χ1v) is 12.5. The van der Waals surface area contributed by atoms with Gasteiger partial charge in [-0.25, -0.2) is 18.2 Å². The van der Waals surface area contributed by atoms with E-state index >= 15 is 0 Å². The lowest BCUT2D eigenvalue weighted by atomic mass is 9.94. The predicted molar refractivity (Wildman–Crippen MR) is 118 cm³/mol. The van der Waals surface area contributed by atoms with Gasteiger partial charge in [-0.2, -0.15) is 0 Å². The number of hydrogen-bond donors (Lipinski definition) is 1. The Morgan fingerprint density at radius 3 is 2.55 bits per heavy atom. The van der Waals surface area contributed by atoms with Gasteiger partial charge in [0.25, 0.3) is 5.91 Å². The first-order valence-electron chi connectivity index (χ1n) is 9.82. The summed E-state index contributed by atoms with van der Waals surface area (Å²) in [6.45, 7) is 3.21. The molecular weight excluding hydrogens is 440 g/mol. The molecule has 1 aliphatic heterocycles. The highest BCUT2D eigenvalue weighted by Gasteiger charge is 2.20. The lowest BCUT2D eigenvalue weighted by Crippen LogP contribution is -2.18. The maximum absolute atomic E-state index is 13.1. The van der Waals surface area contributed by atoms with Gasteiger partial charge in [0.2, 0.25) is 0 Å². The van der Waals surface area contributed by atoms with Crippen LogP contribution in [0.5, 0.6) is 0 Å². The molecule has 8 nitrogen and oxygen atoms in total. The normalized spacial score (nSPS) is 15.5. The molecule has 0 bridgehead atoms. The molecule has 0 spiro atoms. The minimum Gasteiger partial charge on any atom is -0.462 e. The SMILES string of the molecule is CCOC(=O)c1cnc(NC(=O)/C(=C/C2CCOCC2)c2ccc(S(C)(=O)=O)cc2)s1. The topological polar surface area (TPSA) is 112 Å². The molecule has 0 unspecified atom stereocenters. The van der Waals surface area contributed by atoms with Crippen LogP contribution in [0, 0.1) is 5.92 Å². The Bertz CT molecular complexity index is 1070. The van der Waals surface area contributed by atoms with Gasteiger partial charge < -0.3 is 9.47 Å². The molecule has 10 heteroatoms. The molecule has 1 N–H and O–H groups in total. The van der Waals surface area contributed by atoms with E-state index in [-0.39, 0.29) is 28.5 Å². The molecule has 166 valence electrons. The van der Waals surface area contributed by atoms with E-state index in [0.29, 0.717) is 29.2 Å². The minimum absolute atomic E-state index is 0.162. The Hall–Kier alpha value is -2.56. The second kappa shape index (κ2) is 10.2. The summed E-state index contributed by atoms with van der Waals surface area (Å²) < 4.78 is 33.9. The Morgan fingerprint density at radius 1 is 1.26 bits per heavy atom. The zero-order chi connectivity index (χ0) is 22.4. The summed E-state index contributed by atoms with van der Waals surface area (Å²) in [5, 5.41) is 3.01. The van der Waals surface area contributed by atoms with Crippen LogP contribution in [0.15, 0.2) is 41.4 Å². The average molecular weight is 465 g/mol. The van der Waals surface area contributed by atoms with Gasteiger partial charge >= 0.3 is 5.97 Å². The number of nitrogens with zero attached hydrogens (tertiary/aromatic N) is 1. The third-order valence-corrected chi connectivity index (χ3v) is 6.73. The van der Waals surface area contributed by atoms with Crippen molar-refractivity contribution in [3.8, 4) is 0 Å². The number of thiazole rings is 1. The van der Waals surface area contributed by atoms with E-state index < -0.39 is 15.8 Å². The molecule has 1 amide bonds. The van der Waals surface area contributed by atoms with Gasteiger partial charge in [0.15, 0.2) is 15.0 Å². The van der Waals surface area contributed by atoms with Crippen LogP contribution in [0.25, 0.3) is 5.57 Å². The fourth-order valence-corrected chi connectivity index (χ4v) is 4.43. The van der Waals surface area contributed by atoms with E-state index in [4.69, 9.17) is 9.47 Å². The monoisotopic (exact) mass is 464 g/mol. The van der Waals surface area contributed by atoms with Crippen molar-refractivity contribution >= 4 is 43.8 Å². The number of carbonyl (C=O) groups is 2. The summed E-state index contributed by atoms with van der Waals surface area (Å²) in [5.41, 5.74) is 1.01. The van der Waals surface area contributed by atoms with Gasteiger partial charge in [-0.3, -0.25) is 10.1 Å². The molecule has 0 aliphatic carbocycles. The summed E-state index contributed by atoms with van der Waals surface area (Å²) in [6.07, 6.45) is 5.98. The highest BCUT2D eigenvalue weighted by Crippen LogP contribution is 2.26. The van der Waals surface area contributed by atoms with Crippen molar-refractivity contribution in [2.24, 2.45) is 5.92 Å². The van der Waals surface area contributed by atoms with Crippen molar-refractivity contribution in [1.82, 2.24) is 4.98 Å². The van der Waals surface area contributed by atoms with Crippen LogP contribution in [-0.2, 0) is 24.1 Å². The van der Waals surface area contributed by atoms with Gasteiger partial charge in [-0.1, -0.05) is 29.5 Å². The van der Waals surface area contributed by atoms with Crippen molar-refractivity contribution in [2.45, 2.75) is 24.7 Å². The van der Waals surface area contributed by atoms with Crippen LogP contribution in [0.4, 0.5) is 5.13 Å². The van der Waals surface area contributed by atoms with Crippen LogP contribution in [0.2, 0.25) is 0 Å². The molecule has 2 heterocycles. The van der Waals surface area contributed by atoms with E-state index in [0.717, 1.165) is 30.4 Å². The number of anilines is 1. The van der Waals surface area contributed by atoms with Crippen molar-refractivity contribution in [2.75, 3.05) is 31.4 Å². The van der Waals surface area contributed by atoms with Gasteiger partial charge in [-0.15, -0.1) is 0 Å². The van der Waals surface area contributed by atoms with Gasteiger partial charge in [0.05, 0.1) is 17.7 Å². The van der Waals surface area contributed by atoms with Crippen LogP contribution in [0.1, 0.15) is 35.0 Å². The number of sulfone groups is 1. The van der Waals surface area contributed by atoms with Crippen molar-refractivity contribution in [1.29, 1.82) is 0 Å². The molecule has 0 saturated carbocycles. The standard InChI is InChI=1S/C21H24N2O6S2/c1-3-29-20(25)18-13-22-21(30-18)23-19(24)17(12-14-8-10-28-11-9-14)15-4-6-16(7-5-15)31(2,26)27/h4-7,12-14H,3,8-11H2,1-2H3,(H,22,23,24)/b17-12+. The zero-order valence-electron chi connectivity index (χ0n) is 17.3. The molecule has 2 aromatic rings. The molecular formula is C21H24N2O6S2. The third-order valence-electron chi connectivity index (χ3n) is 4.71. The Balaban J connectivity index is 1.86. The van der Waals surface area contributed by atoms with E-state index in [1.807, 2.05) is 6.08 Å². The van der Waals surface area contributed by atoms with E-state index in [1.165, 1.54) is 18.3 Å². The largest absolute Gasteiger partial charge is 0.462 e. The second-order valence-electron chi connectivity index (χ2n) is 7.03. The number of ether oxygens (including phenoxy) is 2. The number of esters is 1. The maximum atomic E-state index is 13.1. The Labute approximate surface area is 185 Å². The fourth-order valence-electron chi connectivity index (χ4n) is 3.10. The highest BCUT2D eigenvalue weighted by molar-refractivity contribution is 7.90. The smallest absolute Gasteiger partial charge is 0.350 e. The molecule has 1 aliphatic rings. The Morgan fingerprint density at radius 2 is 1.94 bits per heavy atom. The summed E-state index contributed by atoms with van der Waals surface area (Å²) in [7, 11) is -3.34. The second-order valence-corrected chi connectivity index (χ2v) is 10.1. The van der Waals surface area contributed by atoms with Crippen LogP contribution in [0.3, 0.4) is 0 Å². The number of nitrogens with one attached hydrogen (secondary N) is 1. The lowest BCUT2D eigenvalue weighted by Gasteiger charge is -2.20. The third kappa shape index (κ3) is 6.22. The van der Waals surface area contributed by atoms with Crippen LogP contribution >= 0.6 is 11.3 Å². The number of allylic oxidation sites excluding steroid dienone is 1. The summed E-state index contributed by atoms with van der Waals surface area (Å²) >= 11 is 1.03. The zero-order valence-corrected chi connectivity index (χ0v) is 18.9. The predicted octanol–water partition coefficient (Wildman–Crippen LogP) is 3.17. The molecule has 1 aromatic heterocycles. The number of aromatic nitrogens is 1. The minimum atomic E-state index is -3.34. The number of benzene rings is 1. The van der Waals surface area contributed by atoms with Crippen LogP contribution < -0.4 is 5.32 Å². The van der Waals surface area contributed by atoms with Crippen molar-refractivity contribution in [3.05, 3.63) is 47.0 Å². The summed E-state index contributed by atoms with van der Waals surface area (Å²) in [5.74, 6) is -0.714. The molecule has 0 radical (unpaired) electrons. The molecule has 1 saturated heterocycles. The first kappa shape index (κ1) is 23.1. The Kier molecular flexibility index (Phi) is 7.58. The van der Waals surface area contributed by atoms with Crippen molar-refractivity contribution < 1.29 is 27.5 Å². The summed E-state index contributed by atoms with van der Waals surface area (Å²) in [6, 6.07) is 6.20. The van der Waals surface area contributed by atoms with E-state index in [9.17, 15) is 18.0 Å². The number of hydrogen-bond acceptors (Lipinski definition) is 8. The lowest BCUT2D eigenvalue weighted by molar-refractivity contribution is -0.111. The van der Waals surface area contributed by atoms with Gasteiger partial charge in [-0.05, 0) is 43.4 Å². The molecule has 0 atom stereocenters. The number of carbonyl (C=O) groups excluding carboxylic acids is 2. The number of rotatable bonds is 7. The van der Waals surface area contributed by atoms with E-state index in [1.54, 1.807) is 19.1 Å². The molecule has 1 fully saturated rings. The first-order chi connectivity index (χ1) is 14.8. The van der Waals surface area contributed by atoms with Gasteiger partial charge in [0.1, 0.15) is 4.88 Å². The fraction of sp³-hybridized carbons (Fsp3) is 0.381. The molecule has 1 aromatic carbocycles. The maximum Gasteiger partial charge on any atom is 0.350 e. The van der Waals surface area contributed by atoms with Crippen LogP contribution in [-0.4, -0.2) is 51.4 Å². The van der Waals surface area contributed by atoms with Gasteiger partial charge in [0, 0.05) is 25.0 Å². The summed E-state index contributed by atoms with van der Waals surface area (Å²) in [4.78, 5) is 29.5. The molecule has 3 rings (SSSR count). The molecule has 31 heavy (non-hydrogen) atoms. The average Bonchev–Trinajstić information content (AvgIpc) is 3.21. The quantitative estimate of drug-likeness (QED) is 0.495. The van der Waals surface area contributed by atoms with E-state index in [2.05, 4.69) is 10.3 Å². The highest BCUT2D eigenvalue weighted by atomic mass is 32.2. The van der Waals surface area contributed by atoms with Crippen molar-refractivity contribution in [3.63, 3.8) is 0 Å². The number of amides is 1.